The van der Waals surface area contributed by atoms with Crippen molar-refractivity contribution >= 4 is 5.69 Å². The van der Waals surface area contributed by atoms with Crippen LogP contribution in [0, 0.1) is 12.8 Å². The molecule has 1 aromatic rings. The fourth-order valence-electron chi connectivity index (χ4n) is 3.23. The standard InChI is InChI=1S/C18H30N2/c1-5-10-19-13-17-8-9-18(15(3)12-17)20-11-6-7-14(2)16(20)4/h8-9,12,14,16,19H,5-7,10-11,13H2,1-4H3. The van der Waals surface area contributed by atoms with Crippen LogP contribution in [0.25, 0.3) is 0 Å². The Hall–Kier alpha value is -1.02. The van der Waals surface area contributed by atoms with E-state index >= 15 is 0 Å². The van der Waals surface area contributed by atoms with E-state index < -0.39 is 0 Å². The van der Waals surface area contributed by atoms with Gasteiger partial charge in [-0.2, -0.15) is 0 Å². The highest BCUT2D eigenvalue weighted by Gasteiger charge is 2.25. The minimum Gasteiger partial charge on any atom is -0.368 e. The van der Waals surface area contributed by atoms with Gasteiger partial charge in [-0.3, -0.25) is 0 Å². The Bertz CT molecular complexity index is 427. The lowest BCUT2D eigenvalue weighted by molar-refractivity contribution is 0.363. The van der Waals surface area contributed by atoms with Crippen molar-refractivity contribution in [1.82, 2.24) is 5.32 Å². The second kappa shape index (κ2) is 7.12. The minimum atomic E-state index is 0.659. The van der Waals surface area contributed by atoms with E-state index in [1.165, 1.54) is 42.6 Å². The first-order valence-corrected chi connectivity index (χ1v) is 8.20. The predicted octanol–water partition coefficient (Wildman–Crippen LogP) is 4.12. The van der Waals surface area contributed by atoms with Gasteiger partial charge >= 0.3 is 0 Å². The van der Waals surface area contributed by atoms with Crippen LogP contribution in [0.2, 0.25) is 0 Å². The van der Waals surface area contributed by atoms with Crippen molar-refractivity contribution in [3.63, 3.8) is 0 Å². The van der Waals surface area contributed by atoms with Crippen LogP contribution < -0.4 is 10.2 Å². The van der Waals surface area contributed by atoms with Crippen LogP contribution in [0.1, 0.15) is 51.2 Å². The summed E-state index contributed by atoms with van der Waals surface area (Å²) in [6, 6.07) is 7.62. The van der Waals surface area contributed by atoms with Gasteiger partial charge < -0.3 is 10.2 Å². The molecule has 1 aliphatic heterocycles. The highest BCUT2D eigenvalue weighted by atomic mass is 15.2. The molecule has 0 bridgehead atoms. The van der Waals surface area contributed by atoms with E-state index in [0.717, 1.165) is 19.0 Å². The van der Waals surface area contributed by atoms with Crippen LogP contribution in [0.5, 0.6) is 0 Å². The maximum absolute atomic E-state index is 3.48. The zero-order valence-corrected chi connectivity index (χ0v) is 13.6. The van der Waals surface area contributed by atoms with Crippen molar-refractivity contribution in [2.75, 3.05) is 18.0 Å². The average Bonchev–Trinajstić information content (AvgIpc) is 2.43. The van der Waals surface area contributed by atoms with Gasteiger partial charge in [-0.15, -0.1) is 0 Å². The molecule has 1 heterocycles. The predicted molar refractivity (Wildman–Crippen MR) is 88.4 cm³/mol. The topological polar surface area (TPSA) is 15.3 Å². The minimum absolute atomic E-state index is 0.659. The molecular weight excluding hydrogens is 244 g/mol. The molecule has 1 aliphatic rings. The second-order valence-electron chi connectivity index (χ2n) is 6.35. The van der Waals surface area contributed by atoms with E-state index in [-0.39, 0.29) is 0 Å². The van der Waals surface area contributed by atoms with Crippen molar-refractivity contribution < 1.29 is 0 Å². The molecule has 112 valence electrons. The van der Waals surface area contributed by atoms with E-state index in [9.17, 15) is 0 Å². The van der Waals surface area contributed by atoms with Gasteiger partial charge in [0.2, 0.25) is 0 Å². The Morgan fingerprint density at radius 3 is 2.80 bits per heavy atom. The quantitative estimate of drug-likeness (QED) is 0.813. The third kappa shape index (κ3) is 3.54. The lowest BCUT2D eigenvalue weighted by atomic mass is 9.91. The molecule has 0 spiro atoms. The van der Waals surface area contributed by atoms with Gasteiger partial charge in [0.15, 0.2) is 0 Å². The van der Waals surface area contributed by atoms with Crippen LogP contribution in [-0.2, 0) is 6.54 Å². The van der Waals surface area contributed by atoms with Gasteiger partial charge in [0.05, 0.1) is 0 Å². The Morgan fingerprint density at radius 2 is 2.10 bits per heavy atom. The highest BCUT2D eigenvalue weighted by Crippen LogP contribution is 2.30. The molecule has 2 heteroatoms. The van der Waals surface area contributed by atoms with Crippen LogP contribution in [0.3, 0.4) is 0 Å². The monoisotopic (exact) mass is 274 g/mol. The van der Waals surface area contributed by atoms with E-state index in [1.54, 1.807) is 0 Å². The summed E-state index contributed by atoms with van der Waals surface area (Å²) in [5.74, 6) is 0.800. The molecule has 2 atom stereocenters. The number of anilines is 1. The second-order valence-corrected chi connectivity index (χ2v) is 6.35. The highest BCUT2D eigenvalue weighted by molar-refractivity contribution is 5.55. The normalized spacial score (nSPS) is 23.1. The Labute approximate surface area is 124 Å². The molecule has 0 aliphatic carbocycles. The molecule has 1 saturated heterocycles. The van der Waals surface area contributed by atoms with E-state index in [1.807, 2.05) is 0 Å². The summed E-state index contributed by atoms with van der Waals surface area (Å²) >= 11 is 0. The molecule has 1 N–H and O–H groups in total. The lowest BCUT2D eigenvalue weighted by Gasteiger charge is -2.40. The molecule has 0 aromatic heterocycles. The molecular formula is C18H30N2. The first kappa shape index (κ1) is 15.4. The third-order valence-corrected chi connectivity index (χ3v) is 4.70. The van der Waals surface area contributed by atoms with E-state index in [4.69, 9.17) is 0 Å². The van der Waals surface area contributed by atoms with Gasteiger partial charge in [-0.1, -0.05) is 26.0 Å². The molecule has 2 unspecified atom stereocenters. The smallest absolute Gasteiger partial charge is 0.0398 e. The molecule has 1 fully saturated rings. The van der Waals surface area contributed by atoms with Crippen molar-refractivity contribution in [2.24, 2.45) is 5.92 Å². The molecule has 0 saturated carbocycles. The van der Waals surface area contributed by atoms with Crippen LogP contribution in [0.15, 0.2) is 18.2 Å². The van der Waals surface area contributed by atoms with Crippen LogP contribution >= 0.6 is 0 Å². The van der Waals surface area contributed by atoms with Crippen LogP contribution in [0.4, 0.5) is 5.69 Å². The van der Waals surface area contributed by atoms with Gasteiger partial charge in [0.1, 0.15) is 0 Å². The summed E-state index contributed by atoms with van der Waals surface area (Å²) in [4.78, 5) is 2.60. The number of piperidine rings is 1. The molecule has 0 radical (unpaired) electrons. The van der Waals surface area contributed by atoms with Gasteiger partial charge in [0, 0.05) is 24.8 Å². The number of aryl methyl sites for hydroxylation is 1. The summed E-state index contributed by atoms with van der Waals surface area (Å²) in [7, 11) is 0. The number of benzene rings is 1. The van der Waals surface area contributed by atoms with Crippen molar-refractivity contribution in [2.45, 2.75) is 59.5 Å². The van der Waals surface area contributed by atoms with Gasteiger partial charge in [-0.25, -0.2) is 0 Å². The fraction of sp³-hybridized carbons (Fsp3) is 0.667. The Morgan fingerprint density at radius 1 is 1.30 bits per heavy atom. The number of hydrogen-bond donors (Lipinski definition) is 1. The zero-order chi connectivity index (χ0) is 14.5. The van der Waals surface area contributed by atoms with Crippen molar-refractivity contribution in [3.8, 4) is 0 Å². The fourth-order valence-corrected chi connectivity index (χ4v) is 3.23. The first-order valence-electron chi connectivity index (χ1n) is 8.20. The molecule has 1 aromatic carbocycles. The van der Waals surface area contributed by atoms with Crippen LogP contribution in [-0.4, -0.2) is 19.1 Å². The number of rotatable bonds is 5. The van der Waals surface area contributed by atoms with E-state index in [2.05, 4.69) is 56.1 Å². The molecule has 2 rings (SSSR count). The maximum Gasteiger partial charge on any atom is 0.0398 e. The number of nitrogens with zero attached hydrogens (tertiary/aromatic N) is 1. The molecule has 2 nitrogen and oxygen atoms in total. The summed E-state index contributed by atoms with van der Waals surface area (Å²) in [6.45, 7) is 12.5. The van der Waals surface area contributed by atoms with Crippen molar-refractivity contribution in [3.05, 3.63) is 29.3 Å². The SMILES string of the molecule is CCCNCc1ccc(N2CCCC(C)C2C)c(C)c1. The zero-order valence-electron chi connectivity index (χ0n) is 13.6. The van der Waals surface area contributed by atoms with Gasteiger partial charge in [-0.05, 0) is 62.8 Å². The largest absolute Gasteiger partial charge is 0.368 e. The lowest BCUT2D eigenvalue weighted by Crippen LogP contribution is -2.42. The molecule has 0 amide bonds. The summed E-state index contributed by atoms with van der Waals surface area (Å²) in [5.41, 5.74) is 4.25. The maximum atomic E-state index is 3.48. The Balaban J connectivity index is 2.08. The third-order valence-electron chi connectivity index (χ3n) is 4.70. The summed E-state index contributed by atoms with van der Waals surface area (Å²) in [6.07, 6.45) is 3.89. The molecule has 20 heavy (non-hydrogen) atoms. The van der Waals surface area contributed by atoms with Crippen molar-refractivity contribution in [1.29, 1.82) is 0 Å². The van der Waals surface area contributed by atoms with Gasteiger partial charge in [0.25, 0.3) is 0 Å². The average molecular weight is 274 g/mol. The number of hydrogen-bond acceptors (Lipinski definition) is 2. The van der Waals surface area contributed by atoms with E-state index in [0.29, 0.717) is 6.04 Å². The summed E-state index contributed by atoms with van der Waals surface area (Å²) in [5, 5.41) is 3.48. The first-order chi connectivity index (χ1) is 9.63. The summed E-state index contributed by atoms with van der Waals surface area (Å²) < 4.78 is 0. The Kier molecular flexibility index (Phi) is 5.47. The number of nitrogens with one attached hydrogen (secondary N) is 1.